The lowest BCUT2D eigenvalue weighted by molar-refractivity contribution is 0.832. The van der Waals surface area contributed by atoms with Crippen LogP contribution in [0.3, 0.4) is 0 Å². The molecule has 22 heavy (non-hydrogen) atoms. The topological polar surface area (TPSA) is 0 Å². The maximum Gasteiger partial charge on any atom is 0.0842 e. The number of alkyl halides is 1. The van der Waals surface area contributed by atoms with Crippen LogP contribution in [0.5, 0.6) is 0 Å². The van der Waals surface area contributed by atoms with Crippen LogP contribution in [0.25, 0.3) is 0 Å². The summed E-state index contributed by atoms with van der Waals surface area (Å²) in [4.78, 5) is 0. The standard InChI is InChI=1S/C20H35BrP/c1-4-7-14-22(15-8-5-2,16-9-6-3)18-20-12-10-19(17-21)11-13-20/h10-13H,4-9,14-18H2,1-3H3/q+1. The molecule has 2 heteroatoms. The van der Waals surface area contributed by atoms with Gasteiger partial charge < -0.3 is 0 Å². The summed E-state index contributed by atoms with van der Waals surface area (Å²) in [6, 6.07) is 9.38. The molecular weight excluding hydrogens is 351 g/mol. The van der Waals surface area contributed by atoms with E-state index >= 15 is 0 Å². The van der Waals surface area contributed by atoms with Gasteiger partial charge in [0.15, 0.2) is 0 Å². The lowest BCUT2D eigenvalue weighted by Crippen LogP contribution is -2.11. The van der Waals surface area contributed by atoms with E-state index in [2.05, 4.69) is 61.0 Å². The fourth-order valence-electron chi connectivity index (χ4n) is 3.17. The predicted octanol–water partition coefficient (Wildman–Crippen LogP) is 7.50. The quantitative estimate of drug-likeness (QED) is 0.258. The first kappa shape index (κ1) is 20.2. The molecule has 0 aliphatic heterocycles. The summed E-state index contributed by atoms with van der Waals surface area (Å²) in [5.74, 6) is 0. The zero-order valence-electron chi connectivity index (χ0n) is 14.9. The van der Waals surface area contributed by atoms with Gasteiger partial charge in [-0.2, -0.15) is 0 Å². The first-order valence-corrected chi connectivity index (χ1v) is 12.8. The van der Waals surface area contributed by atoms with E-state index in [0.29, 0.717) is 0 Å². The van der Waals surface area contributed by atoms with Crippen molar-refractivity contribution in [1.82, 2.24) is 0 Å². The number of hydrogen-bond donors (Lipinski definition) is 0. The molecule has 0 spiro atoms. The van der Waals surface area contributed by atoms with E-state index in [9.17, 15) is 0 Å². The molecule has 0 amide bonds. The molecule has 0 aliphatic rings. The fraction of sp³-hybridized carbons (Fsp3) is 0.700. The molecule has 1 aromatic carbocycles. The van der Waals surface area contributed by atoms with E-state index in [1.54, 1.807) is 5.56 Å². The van der Waals surface area contributed by atoms with Crippen molar-refractivity contribution in [2.75, 3.05) is 18.5 Å². The SMILES string of the molecule is CCCC[P+](CCCC)(CCCC)Cc1ccc(CBr)cc1. The van der Waals surface area contributed by atoms with Crippen LogP contribution < -0.4 is 0 Å². The Morgan fingerprint density at radius 2 is 1.14 bits per heavy atom. The highest BCUT2D eigenvalue weighted by Gasteiger charge is 2.35. The molecule has 0 saturated carbocycles. The predicted molar refractivity (Wildman–Crippen MR) is 109 cm³/mol. The van der Waals surface area contributed by atoms with Crippen LogP contribution in [0.2, 0.25) is 0 Å². The van der Waals surface area contributed by atoms with Crippen molar-refractivity contribution in [2.45, 2.75) is 70.8 Å². The molecular formula is C20H35BrP+. The summed E-state index contributed by atoms with van der Waals surface area (Å²) >= 11 is 3.55. The smallest absolute Gasteiger partial charge is 0.0842 e. The number of rotatable bonds is 12. The Bertz CT molecular complexity index is 363. The Kier molecular flexibility index (Phi) is 10.7. The van der Waals surface area contributed by atoms with E-state index in [0.717, 1.165) is 5.33 Å². The number of hydrogen-bond acceptors (Lipinski definition) is 0. The highest BCUT2D eigenvalue weighted by atomic mass is 79.9. The summed E-state index contributed by atoms with van der Waals surface area (Å²) in [7, 11) is -0.803. The second-order valence-electron chi connectivity index (χ2n) is 6.68. The minimum Gasteiger partial charge on any atom is -0.0876 e. The average Bonchev–Trinajstić information content (AvgIpc) is 2.56. The monoisotopic (exact) mass is 385 g/mol. The first-order chi connectivity index (χ1) is 10.7. The van der Waals surface area contributed by atoms with Gasteiger partial charge in [0.1, 0.15) is 0 Å². The Hall–Kier alpha value is 0.130. The van der Waals surface area contributed by atoms with Gasteiger partial charge in [-0.1, -0.05) is 80.2 Å². The zero-order chi connectivity index (χ0) is 16.3. The van der Waals surface area contributed by atoms with Crippen molar-refractivity contribution >= 4 is 23.2 Å². The number of benzene rings is 1. The molecule has 1 aromatic rings. The molecule has 0 fully saturated rings. The molecule has 0 unspecified atom stereocenters. The molecule has 0 heterocycles. The van der Waals surface area contributed by atoms with Crippen molar-refractivity contribution in [3.63, 3.8) is 0 Å². The van der Waals surface area contributed by atoms with Crippen LogP contribution in [0, 0.1) is 0 Å². The van der Waals surface area contributed by atoms with Gasteiger partial charge in [-0.05, 0) is 30.4 Å². The summed E-state index contributed by atoms with van der Waals surface area (Å²) in [5, 5.41) is 0.967. The van der Waals surface area contributed by atoms with Crippen LogP contribution in [-0.2, 0) is 11.5 Å². The van der Waals surface area contributed by atoms with Gasteiger partial charge in [0.05, 0.1) is 24.6 Å². The number of halogens is 1. The molecule has 0 bridgehead atoms. The van der Waals surface area contributed by atoms with Crippen molar-refractivity contribution in [3.05, 3.63) is 35.4 Å². The van der Waals surface area contributed by atoms with Crippen molar-refractivity contribution in [1.29, 1.82) is 0 Å². The molecule has 0 nitrogen and oxygen atoms in total. The van der Waals surface area contributed by atoms with Crippen molar-refractivity contribution in [3.8, 4) is 0 Å². The number of unbranched alkanes of at least 4 members (excludes halogenated alkanes) is 3. The third-order valence-corrected chi connectivity index (χ3v) is 10.1. The third kappa shape index (κ3) is 7.14. The van der Waals surface area contributed by atoms with E-state index in [4.69, 9.17) is 0 Å². The largest absolute Gasteiger partial charge is 0.0876 e. The van der Waals surface area contributed by atoms with Gasteiger partial charge in [0.25, 0.3) is 0 Å². The minimum absolute atomic E-state index is 0.803. The van der Waals surface area contributed by atoms with Crippen LogP contribution >= 0.6 is 23.2 Å². The normalized spacial score (nSPS) is 11.8. The summed E-state index contributed by atoms with van der Waals surface area (Å²) in [5.41, 5.74) is 2.98. The van der Waals surface area contributed by atoms with E-state index < -0.39 is 7.26 Å². The highest BCUT2D eigenvalue weighted by molar-refractivity contribution is 9.08. The zero-order valence-corrected chi connectivity index (χ0v) is 17.4. The molecule has 126 valence electrons. The van der Waals surface area contributed by atoms with Crippen LogP contribution in [0.15, 0.2) is 24.3 Å². The molecule has 0 saturated heterocycles. The van der Waals surface area contributed by atoms with E-state index in [-0.39, 0.29) is 0 Å². The molecule has 0 N–H and O–H groups in total. The van der Waals surface area contributed by atoms with Crippen molar-refractivity contribution < 1.29 is 0 Å². The van der Waals surface area contributed by atoms with Gasteiger partial charge in [-0.15, -0.1) is 0 Å². The van der Waals surface area contributed by atoms with Crippen LogP contribution in [0.4, 0.5) is 0 Å². The summed E-state index contributed by atoms with van der Waals surface area (Å²) < 4.78 is 0. The maximum atomic E-state index is 3.55. The second kappa shape index (κ2) is 11.6. The fourth-order valence-corrected chi connectivity index (χ4v) is 8.64. The van der Waals surface area contributed by atoms with Crippen molar-refractivity contribution in [2.24, 2.45) is 0 Å². The lowest BCUT2D eigenvalue weighted by atomic mass is 10.2. The average molecular weight is 386 g/mol. The minimum atomic E-state index is -0.803. The molecule has 0 radical (unpaired) electrons. The molecule has 1 rings (SSSR count). The van der Waals surface area contributed by atoms with Gasteiger partial charge in [0.2, 0.25) is 0 Å². The van der Waals surface area contributed by atoms with Gasteiger partial charge in [0, 0.05) is 12.6 Å². The Labute approximate surface area is 147 Å². The van der Waals surface area contributed by atoms with E-state index in [1.807, 2.05) is 0 Å². The highest BCUT2D eigenvalue weighted by Crippen LogP contribution is 2.63. The molecule has 0 aromatic heterocycles. The Balaban J connectivity index is 2.87. The molecule has 0 aliphatic carbocycles. The van der Waals surface area contributed by atoms with Gasteiger partial charge >= 0.3 is 0 Å². The Morgan fingerprint density at radius 3 is 1.50 bits per heavy atom. The van der Waals surface area contributed by atoms with E-state index in [1.165, 1.54) is 68.7 Å². The van der Waals surface area contributed by atoms with Gasteiger partial charge in [-0.3, -0.25) is 0 Å². The first-order valence-electron chi connectivity index (χ1n) is 9.18. The van der Waals surface area contributed by atoms with Gasteiger partial charge in [-0.25, -0.2) is 0 Å². The van der Waals surface area contributed by atoms with Crippen LogP contribution in [-0.4, -0.2) is 18.5 Å². The molecule has 0 atom stereocenters. The summed E-state index contributed by atoms with van der Waals surface area (Å²) in [6.45, 7) is 7.04. The maximum absolute atomic E-state index is 3.55. The second-order valence-corrected chi connectivity index (χ2v) is 11.6. The lowest BCUT2D eigenvalue weighted by Gasteiger charge is -2.28. The Morgan fingerprint density at radius 1 is 0.727 bits per heavy atom. The van der Waals surface area contributed by atoms with Crippen LogP contribution in [0.1, 0.15) is 70.4 Å². The summed E-state index contributed by atoms with van der Waals surface area (Å²) in [6.07, 6.45) is 14.3. The third-order valence-electron chi connectivity index (χ3n) is 4.65.